The minimum atomic E-state index is -0.207. The molecule has 144 valence electrons. The lowest BCUT2D eigenvalue weighted by Crippen LogP contribution is -2.16. The van der Waals surface area contributed by atoms with Gasteiger partial charge in [0, 0.05) is 23.6 Å². The molecule has 1 N–H and O–H groups in total. The maximum Gasteiger partial charge on any atom is 0.237 e. The normalized spacial score (nSPS) is 10.7. The van der Waals surface area contributed by atoms with Gasteiger partial charge in [0.1, 0.15) is 0 Å². The number of anilines is 1. The van der Waals surface area contributed by atoms with Crippen molar-refractivity contribution < 1.29 is 4.79 Å². The third kappa shape index (κ3) is 4.49. The van der Waals surface area contributed by atoms with Crippen molar-refractivity contribution in [3.63, 3.8) is 0 Å². The highest BCUT2D eigenvalue weighted by molar-refractivity contribution is 7.99. The van der Waals surface area contributed by atoms with E-state index in [9.17, 15) is 4.79 Å². The SMILES string of the molecule is Cc1cccc(-c2nnc(SCC(=O)Nc3ncccn3)n2-c2ccccc2)c1. The molecular formula is C21H18N6OS. The van der Waals surface area contributed by atoms with E-state index >= 15 is 0 Å². The number of aryl methyl sites for hydroxylation is 1. The van der Waals surface area contributed by atoms with E-state index < -0.39 is 0 Å². The summed E-state index contributed by atoms with van der Waals surface area (Å²) in [5.41, 5.74) is 3.04. The van der Waals surface area contributed by atoms with Crippen molar-refractivity contribution in [3.8, 4) is 17.1 Å². The standard InChI is InChI=1S/C21H18N6OS/c1-15-7-5-8-16(13-15)19-25-26-21(27(19)17-9-3-2-4-10-17)29-14-18(28)24-20-22-11-6-12-23-20/h2-13H,14H2,1H3,(H,22,23,24,28). The van der Waals surface area contributed by atoms with Gasteiger partial charge in [0.05, 0.1) is 5.75 Å². The van der Waals surface area contributed by atoms with Crippen molar-refractivity contribution >= 4 is 23.6 Å². The predicted octanol–water partition coefficient (Wildman–Crippen LogP) is 3.76. The topological polar surface area (TPSA) is 85.6 Å². The molecule has 1 amide bonds. The number of thioether (sulfide) groups is 1. The fourth-order valence-electron chi connectivity index (χ4n) is 2.80. The van der Waals surface area contributed by atoms with Crippen LogP contribution in [0.1, 0.15) is 5.56 Å². The molecule has 0 aliphatic rings. The molecule has 0 radical (unpaired) electrons. The highest BCUT2D eigenvalue weighted by atomic mass is 32.2. The summed E-state index contributed by atoms with van der Waals surface area (Å²) in [6.07, 6.45) is 3.16. The molecule has 2 aromatic heterocycles. The molecule has 0 saturated carbocycles. The molecule has 0 aliphatic carbocycles. The van der Waals surface area contributed by atoms with Crippen LogP contribution in [0.15, 0.2) is 78.2 Å². The number of hydrogen-bond donors (Lipinski definition) is 1. The summed E-state index contributed by atoms with van der Waals surface area (Å²) in [4.78, 5) is 20.3. The molecule has 0 bridgehead atoms. The van der Waals surface area contributed by atoms with Gasteiger partial charge in [-0.3, -0.25) is 14.7 Å². The molecule has 29 heavy (non-hydrogen) atoms. The first-order chi connectivity index (χ1) is 14.2. The third-order valence-electron chi connectivity index (χ3n) is 4.07. The van der Waals surface area contributed by atoms with Crippen LogP contribution in [-0.2, 0) is 4.79 Å². The second-order valence-electron chi connectivity index (χ2n) is 6.26. The van der Waals surface area contributed by atoms with E-state index in [0.29, 0.717) is 5.16 Å². The van der Waals surface area contributed by atoms with Crippen LogP contribution in [0.5, 0.6) is 0 Å². The highest BCUT2D eigenvalue weighted by Crippen LogP contribution is 2.28. The number of amides is 1. The van der Waals surface area contributed by atoms with Gasteiger partial charge in [-0.2, -0.15) is 0 Å². The quantitative estimate of drug-likeness (QED) is 0.494. The van der Waals surface area contributed by atoms with Gasteiger partial charge in [0.25, 0.3) is 0 Å². The number of rotatable bonds is 6. The number of carbonyl (C=O) groups excluding carboxylic acids is 1. The largest absolute Gasteiger partial charge is 0.294 e. The first-order valence-electron chi connectivity index (χ1n) is 8.98. The molecule has 8 heteroatoms. The Morgan fingerprint density at radius 3 is 2.55 bits per heavy atom. The summed E-state index contributed by atoms with van der Waals surface area (Å²) in [6, 6.07) is 19.7. The Morgan fingerprint density at radius 1 is 1.00 bits per heavy atom. The van der Waals surface area contributed by atoms with Crippen molar-refractivity contribution in [2.45, 2.75) is 12.1 Å². The fourth-order valence-corrected chi connectivity index (χ4v) is 3.55. The first kappa shape index (κ1) is 18.8. The van der Waals surface area contributed by atoms with E-state index in [1.54, 1.807) is 18.5 Å². The van der Waals surface area contributed by atoms with Crippen molar-refractivity contribution in [1.29, 1.82) is 0 Å². The molecule has 4 rings (SSSR count). The van der Waals surface area contributed by atoms with Crippen molar-refractivity contribution in [2.24, 2.45) is 0 Å². The van der Waals surface area contributed by atoms with E-state index in [2.05, 4.69) is 31.5 Å². The van der Waals surface area contributed by atoms with Gasteiger partial charge < -0.3 is 0 Å². The van der Waals surface area contributed by atoms with E-state index in [-0.39, 0.29) is 17.6 Å². The van der Waals surface area contributed by atoms with Crippen molar-refractivity contribution in [1.82, 2.24) is 24.7 Å². The maximum absolute atomic E-state index is 12.3. The summed E-state index contributed by atoms with van der Waals surface area (Å²) in [5, 5.41) is 12.1. The van der Waals surface area contributed by atoms with Gasteiger partial charge >= 0.3 is 0 Å². The lowest BCUT2D eigenvalue weighted by Gasteiger charge is -2.10. The average molecular weight is 402 g/mol. The molecule has 2 aromatic carbocycles. The van der Waals surface area contributed by atoms with Gasteiger partial charge in [-0.25, -0.2) is 9.97 Å². The van der Waals surface area contributed by atoms with Gasteiger partial charge in [-0.1, -0.05) is 53.7 Å². The van der Waals surface area contributed by atoms with Gasteiger partial charge in [-0.05, 0) is 31.2 Å². The summed E-state index contributed by atoms with van der Waals surface area (Å²) < 4.78 is 1.96. The molecule has 7 nitrogen and oxygen atoms in total. The Morgan fingerprint density at radius 2 is 1.79 bits per heavy atom. The van der Waals surface area contributed by atoms with Gasteiger partial charge in [0.2, 0.25) is 11.9 Å². The van der Waals surface area contributed by atoms with Crippen LogP contribution in [0.3, 0.4) is 0 Å². The summed E-state index contributed by atoms with van der Waals surface area (Å²) >= 11 is 1.31. The van der Waals surface area contributed by atoms with E-state index in [4.69, 9.17) is 0 Å². The lowest BCUT2D eigenvalue weighted by molar-refractivity contribution is -0.113. The lowest BCUT2D eigenvalue weighted by atomic mass is 10.1. The Bertz CT molecular complexity index is 1110. The Balaban J connectivity index is 1.61. The van der Waals surface area contributed by atoms with Crippen LogP contribution in [0.2, 0.25) is 0 Å². The van der Waals surface area contributed by atoms with Crippen LogP contribution in [0.25, 0.3) is 17.1 Å². The highest BCUT2D eigenvalue weighted by Gasteiger charge is 2.17. The molecular weight excluding hydrogens is 384 g/mol. The number of nitrogens with zero attached hydrogens (tertiary/aromatic N) is 5. The number of nitrogens with one attached hydrogen (secondary N) is 1. The zero-order chi connectivity index (χ0) is 20.1. The van der Waals surface area contributed by atoms with Crippen LogP contribution < -0.4 is 5.32 Å². The monoisotopic (exact) mass is 402 g/mol. The minimum Gasteiger partial charge on any atom is -0.294 e. The van der Waals surface area contributed by atoms with E-state index in [0.717, 1.165) is 22.6 Å². The second-order valence-corrected chi connectivity index (χ2v) is 7.20. The summed E-state index contributed by atoms with van der Waals surface area (Å²) in [6.45, 7) is 2.04. The molecule has 4 aromatic rings. The minimum absolute atomic E-state index is 0.164. The van der Waals surface area contributed by atoms with E-state index in [1.165, 1.54) is 11.8 Å². The maximum atomic E-state index is 12.3. The van der Waals surface area contributed by atoms with Gasteiger partial charge in [-0.15, -0.1) is 10.2 Å². The van der Waals surface area contributed by atoms with Gasteiger partial charge in [0.15, 0.2) is 11.0 Å². The van der Waals surface area contributed by atoms with E-state index in [1.807, 2.05) is 60.0 Å². The molecule has 0 fully saturated rings. The smallest absolute Gasteiger partial charge is 0.237 e. The van der Waals surface area contributed by atoms with Crippen LogP contribution in [-0.4, -0.2) is 36.4 Å². The zero-order valence-electron chi connectivity index (χ0n) is 15.7. The predicted molar refractivity (Wildman–Crippen MR) is 113 cm³/mol. The number of para-hydroxylation sites is 1. The Labute approximate surface area is 172 Å². The number of benzene rings is 2. The molecule has 0 spiro atoms. The number of carbonyl (C=O) groups is 1. The molecule has 0 atom stereocenters. The average Bonchev–Trinajstić information content (AvgIpc) is 3.18. The van der Waals surface area contributed by atoms with Crippen LogP contribution in [0, 0.1) is 6.92 Å². The Hall–Kier alpha value is -3.52. The second kappa shape index (κ2) is 8.66. The summed E-state index contributed by atoms with van der Waals surface area (Å²) in [7, 11) is 0. The fraction of sp³-hybridized carbons (Fsp3) is 0.0952. The van der Waals surface area contributed by atoms with Crippen LogP contribution >= 0.6 is 11.8 Å². The Kier molecular flexibility index (Phi) is 5.62. The van der Waals surface area contributed by atoms with Crippen molar-refractivity contribution in [2.75, 3.05) is 11.1 Å². The number of aromatic nitrogens is 5. The zero-order valence-corrected chi connectivity index (χ0v) is 16.5. The molecule has 0 saturated heterocycles. The van der Waals surface area contributed by atoms with Crippen molar-refractivity contribution in [3.05, 3.63) is 78.6 Å². The molecule has 0 unspecified atom stereocenters. The summed E-state index contributed by atoms with van der Waals surface area (Å²) in [5.74, 6) is 0.968. The number of hydrogen-bond acceptors (Lipinski definition) is 6. The molecule has 2 heterocycles. The third-order valence-corrected chi connectivity index (χ3v) is 5.00. The molecule has 0 aliphatic heterocycles. The first-order valence-corrected chi connectivity index (χ1v) is 9.97. The van der Waals surface area contributed by atoms with Crippen LogP contribution in [0.4, 0.5) is 5.95 Å².